The lowest BCUT2D eigenvalue weighted by atomic mass is 10.0. The molecule has 0 saturated heterocycles. The Balaban J connectivity index is 1.77. The first kappa shape index (κ1) is 19.9. The monoisotopic (exact) mass is 396 g/mol. The summed E-state index contributed by atoms with van der Waals surface area (Å²) in [6.45, 7) is 1.55. The summed E-state index contributed by atoms with van der Waals surface area (Å²) in [4.78, 5) is 22.9. The maximum atomic E-state index is 12.2. The van der Waals surface area contributed by atoms with Crippen LogP contribution < -0.4 is 14.8 Å². The van der Waals surface area contributed by atoms with Crippen LogP contribution >= 0.6 is 0 Å². The van der Waals surface area contributed by atoms with Crippen LogP contribution in [0.3, 0.4) is 0 Å². The van der Waals surface area contributed by atoms with Gasteiger partial charge in [0.1, 0.15) is 17.3 Å². The number of nitro benzene ring substituents is 1. The largest absolute Gasteiger partial charge is 0.497 e. The van der Waals surface area contributed by atoms with Gasteiger partial charge in [-0.2, -0.15) is 0 Å². The van der Waals surface area contributed by atoms with E-state index in [2.05, 4.69) is 5.32 Å². The number of nitrogens with zero attached hydrogens (tertiary/aromatic N) is 1. The standard InChI is InChI=1S/C21H20N2O6/c1-14(19-4-3-11-28-19)22-21(24)13-29-20-10-7-16(23(25)26)12-18(20)15-5-8-17(27-2)9-6-15/h3-12,14H,13H2,1-2H3,(H,22,24)/t14-/m1/s1. The number of benzene rings is 2. The van der Waals surface area contributed by atoms with E-state index in [-0.39, 0.29) is 24.2 Å². The highest BCUT2D eigenvalue weighted by Crippen LogP contribution is 2.34. The smallest absolute Gasteiger partial charge is 0.270 e. The highest BCUT2D eigenvalue weighted by Gasteiger charge is 2.16. The Bertz CT molecular complexity index is 983. The van der Waals surface area contributed by atoms with Crippen molar-refractivity contribution in [3.8, 4) is 22.6 Å². The van der Waals surface area contributed by atoms with E-state index in [0.717, 1.165) is 0 Å². The number of carbonyl (C=O) groups excluding carboxylic acids is 1. The number of ether oxygens (including phenoxy) is 2. The molecule has 1 aromatic heterocycles. The molecule has 0 spiro atoms. The molecule has 1 N–H and O–H groups in total. The topological polar surface area (TPSA) is 104 Å². The van der Waals surface area contributed by atoms with Crippen LogP contribution in [0.5, 0.6) is 11.5 Å². The van der Waals surface area contributed by atoms with Crippen LogP contribution in [0.25, 0.3) is 11.1 Å². The molecule has 2 aromatic carbocycles. The summed E-state index contributed by atoms with van der Waals surface area (Å²) >= 11 is 0. The van der Waals surface area contributed by atoms with Crippen molar-refractivity contribution in [2.24, 2.45) is 0 Å². The Morgan fingerprint density at radius 3 is 2.59 bits per heavy atom. The maximum absolute atomic E-state index is 12.2. The zero-order chi connectivity index (χ0) is 20.8. The van der Waals surface area contributed by atoms with E-state index < -0.39 is 4.92 Å². The van der Waals surface area contributed by atoms with Gasteiger partial charge in [0.25, 0.3) is 11.6 Å². The van der Waals surface area contributed by atoms with Crippen LogP contribution in [0.4, 0.5) is 5.69 Å². The molecule has 0 saturated carbocycles. The van der Waals surface area contributed by atoms with Gasteiger partial charge in [0.15, 0.2) is 6.61 Å². The molecule has 0 aliphatic carbocycles. The van der Waals surface area contributed by atoms with Crippen LogP contribution in [0.15, 0.2) is 65.3 Å². The predicted octanol–water partition coefficient (Wildman–Crippen LogP) is 4.12. The molecule has 0 aliphatic heterocycles. The average molecular weight is 396 g/mol. The second-order valence-corrected chi connectivity index (χ2v) is 6.26. The zero-order valence-corrected chi connectivity index (χ0v) is 16.0. The third kappa shape index (κ3) is 4.92. The van der Waals surface area contributed by atoms with Gasteiger partial charge in [-0.05, 0) is 42.8 Å². The molecular formula is C21H20N2O6. The molecule has 0 unspecified atom stereocenters. The van der Waals surface area contributed by atoms with Gasteiger partial charge >= 0.3 is 0 Å². The van der Waals surface area contributed by atoms with Crippen molar-refractivity contribution in [3.63, 3.8) is 0 Å². The summed E-state index contributed by atoms with van der Waals surface area (Å²) in [5.74, 6) is 1.31. The van der Waals surface area contributed by atoms with Gasteiger partial charge in [0.05, 0.1) is 24.3 Å². The van der Waals surface area contributed by atoms with Crippen molar-refractivity contribution < 1.29 is 23.6 Å². The number of amides is 1. The zero-order valence-electron chi connectivity index (χ0n) is 16.0. The highest BCUT2D eigenvalue weighted by molar-refractivity contribution is 5.79. The third-order valence-electron chi connectivity index (χ3n) is 4.28. The number of methoxy groups -OCH3 is 1. The summed E-state index contributed by atoms with van der Waals surface area (Å²) < 4.78 is 16.1. The van der Waals surface area contributed by atoms with Crippen molar-refractivity contribution in [1.82, 2.24) is 5.32 Å². The number of carbonyl (C=O) groups is 1. The minimum Gasteiger partial charge on any atom is -0.497 e. The molecule has 0 aliphatic rings. The number of nitrogens with one attached hydrogen (secondary N) is 1. The maximum Gasteiger partial charge on any atom is 0.270 e. The first-order valence-corrected chi connectivity index (χ1v) is 8.86. The predicted molar refractivity (Wildman–Crippen MR) is 106 cm³/mol. The number of hydrogen-bond acceptors (Lipinski definition) is 6. The van der Waals surface area contributed by atoms with Crippen LogP contribution in [-0.2, 0) is 4.79 Å². The number of rotatable bonds is 8. The van der Waals surface area contributed by atoms with E-state index in [4.69, 9.17) is 13.9 Å². The summed E-state index contributed by atoms with van der Waals surface area (Å²) in [6, 6.07) is 14.5. The summed E-state index contributed by atoms with van der Waals surface area (Å²) in [5, 5.41) is 13.9. The van der Waals surface area contributed by atoms with Crippen molar-refractivity contribution in [2.45, 2.75) is 13.0 Å². The van der Waals surface area contributed by atoms with E-state index in [1.165, 1.54) is 24.5 Å². The molecule has 8 heteroatoms. The normalized spacial score (nSPS) is 11.5. The van der Waals surface area contributed by atoms with Crippen LogP contribution in [0.2, 0.25) is 0 Å². The molecule has 29 heavy (non-hydrogen) atoms. The first-order chi connectivity index (χ1) is 14.0. The number of non-ortho nitro benzene ring substituents is 1. The SMILES string of the molecule is COc1ccc(-c2cc([N+](=O)[O-])ccc2OCC(=O)N[C@H](C)c2ccco2)cc1. The molecule has 1 heterocycles. The second-order valence-electron chi connectivity index (χ2n) is 6.26. The van der Waals surface area contributed by atoms with E-state index >= 15 is 0 Å². The van der Waals surface area contributed by atoms with E-state index in [1.807, 2.05) is 0 Å². The lowest BCUT2D eigenvalue weighted by Gasteiger charge is -2.14. The molecule has 1 amide bonds. The molecule has 3 rings (SSSR count). The van der Waals surface area contributed by atoms with Gasteiger partial charge in [0, 0.05) is 17.7 Å². The van der Waals surface area contributed by atoms with Gasteiger partial charge in [-0.1, -0.05) is 12.1 Å². The van der Waals surface area contributed by atoms with E-state index in [1.54, 1.807) is 50.4 Å². The summed E-state index contributed by atoms with van der Waals surface area (Å²) in [5.41, 5.74) is 1.14. The highest BCUT2D eigenvalue weighted by atomic mass is 16.6. The Kier molecular flexibility index (Phi) is 6.13. The van der Waals surface area contributed by atoms with Crippen LogP contribution in [0.1, 0.15) is 18.7 Å². The minimum absolute atomic E-state index is 0.0703. The lowest BCUT2D eigenvalue weighted by molar-refractivity contribution is -0.384. The molecule has 8 nitrogen and oxygen atoms in total. The molecule has 1 atom stereocenters. The second kappa shape index (κ2) is 8.92. The van der Waals surface area contributed by atoms with Gasteiger partial charge in [-0.3, -0.25) is 14.9 Å². The molecule has 0 fully saturated rings. The molecule has 150 valence electrons. The van der Waals surface area contributed by atoms with Crippen molar-refractivity contribution in [2.75, 3.05) is 13.7 Å². The van der Waals surface area contributed by atoms with Gasteiger partial charge in [0.2, 0.25) is 0 Å². The van der Waals surface area contributed by atoms with Gasteiger partial charge in [-0.15, -0.1) is 0 Å². The minimum atomic E-state index is -0.478. The van der Waals surface area contributed by atoms with Crippen LogP contribution in [0, 0.1) is 10.1 Å². The lowest BCUT2D eigenvalue weighted by Crippen LogP contribution is -2.31. The molecule has 0 radical (unpaired) electrons. The average Bonchev–Trinajstić information content (AvgIpc) is 3.27. The molecule has 0 bridgehead atoms. The summed E-state index contributed by atoms with van der Waals surface area (Å²) in [7, 11) is 1.55. The Morgan fingerprint density at radius 2 is 1.97 bits per heavy atom. The molecular weight excluding hydrogens is 376 g/mol. The Morgan fingerprint density at radius 1 is 1.21 bits per heavy atom. The van der Waals surface area contributed by atoms with Gasteiger partial charge < -0.3 is 19.2 Å². The van der Waals surface area contributed by atoms with Crippen molar-refractivity contribution >= 4 is 11.6 Å². The quantitative estimate of drug-likeness (QED) is 0.454. The first-order valence-electron chi connectivity index (χ1n) is 8.86. The van der Waals surface area contributed by atoms with Crippen molar-refractivity contribution in [1.29, 1.82) is 0 Å². The fourth-order valence-corrected chi connectivity index (χ4v) is 2.79. The van der Waals surface area contributed by atoms with Gasteiger partial charge in [-0.25, -0.2) is 0 Å². The summed E-state index contributed by atoms with van der Waals surface area (Å²) in [6.07, 6.45) is 1.53. The van der Waals surface area contributed by atoms with E-state index in [0.29, 0.717) is 28.4 Å². The third-order valence-corrected chi connectivity index (χ3v) is 4.28. The fourth-order valence-electron chi connectivity index (χ4n) is 2.79. The fraction of sp³-hybridized carbons (Fsp3) is 0.190. The molecule has 3 aromatic rings. The number of furan rings is 1. The number of hydrogen-bond donors (Lipinski definition) is 1. The van der Waals surface area contributed by atoms with Crippen LogP contribution in [-0.4, -0.2) is 24.5 Å². The Labute approximate surface area is 167 Å². The number of nitro groups is 1. The Hall–Kier alpha value is -3.81. The van der Waals surface area contributed by atoms with Crippen molar-refractivity contribution in [3.05, 3.63) is 76.7 Å². The van der Waals surface area contributed by atoms with E-state index in [9.17, 15) is 14.9 Å².